The van der Waals surface area contributed by atoms with Crippen molar-refractivity contribution in [3.05, 3.63) is 82.9 Å². The molecule has 7 atom stereocenters. The summed E-state index contributed by atoms with van der Waals surface area (Å²) in [6.45, 7) is 2.51. The molecule has 2 heterocycles. The maximum absolute atomic E-state index is 13.6. The van der Waals surface area contributed by atoms with Crippen molar-refractivity contribution in [1.82, 2.24) is 20.9 Å². The van der Waals surface area contributed by atoms with Crippen molar-refractivity contribution in [2.45, 2.75) is 82.0 Å². The minimum atomic E-state index is -0.908. The summed E-state index contributed by atoms with van der Waals surface area (Å²) in [4.78, 5) is 25.3. The van der Waals surface area contributed by atoms with E-state index < -0.39 is 11.6 Å². The molecule has 6 aliphatic rings. The number of nitrogens with zero attached hydrogens (tertiary/aromatic N) is 1. The van der Waals surface area contributed by atoms with Gasteiger partial charge < -0.3 is 39.8 Å². The van der Waals surface area contributed by atoms with E-state index in [0.717, 1.165) is 59.0 Å². The van der Waals surface area contributed by atoms with Gasteiger partial charge in [-0.1, -0.05) is 18.2 Å². The third kappa shape index (κ3) is 8.28. The largest absolute Gasteiger partial charge is 0.493 e. The highest BCUT2D eigenvalue weighted by Gasteiger charge is 2.42. The molecule has 2 aliphatic heterocycles. The summed E-state index contributed by atoms with van der Waals surface area (Å²) in [6.07, 6.45) is 10.7. The number of halogens is 2. The van der Waals surface area contributed by atoms with Gasteiger partial charge in [-0.3, -0.25) is 0 Å². The Kier molecular flexibility index (Phi) is 10.9. The van der Waals surface area contributed by atoms with E-state index in [1.54, 1.807) is 19.1 Å². The molecule has 4 amide bonds. The number of fused-ring (bicyclic) bond motifs is 4. The number of rotatable bonds is 10. The molecule has 4 bridgehead atoms. The number of ether oxygens (including phenoxy) is 4. The van der Waals surface area contributed by atoms with E-state index in [2.05, 4.69) is 28.1 Å². The van der Waals surface area contributed by atoms with Gasteiger partial charge in [0.05, 0.1) is 14.2 Å². The van der Waals surface area contributed by atoms with Gasteiger partial charge in [-0.2, -0.15) is 0 Å². The average molecular weight is 759 g/mol. The number of nitrogens with one attached hydrogen (secondary N) is 3. The number of carbonyl (C=O) groups excluding carboxylic acids is 2. The lowest BCUT2D eigenvalue weighted by molar-refractivity contribution is 0.133. The third-order valence-corrected chi connectivity index (χ3v) is 12.8. The van der Waals surface area contributed by atoms with Crippen molar-refractivity contribution >= 4 is 12.1 Å². The lowest BCUT2D eigenvalue weighted by Gasteiger charge is -2.34. The molecule has 3 aromatic rings. The maximum Gasteiger partial charge on any atom is 0.317 e. The zero-order chi connectivity index (χ0) is 38.1. The van der Waals surface area contributed by atoms with Gasteiger partial charge in [-0.05, 0) is 128 Å². The summed E-state index contributed by atoms with van der Waals surface area (Å²) in [7, 11) is 3.33. The molecular formula is C43H52F2N4O6. The molecule has 6 fully saturated rings. The van der Waals surface area contributed by atoms with Gasteiger partial charge in [0, 0.05) is 44.6 Å². The van der Waals surface area contributed by atoms with Crippen LogP contribution in [0.1, 0.15) is 79.9 Å². The molecule has 2 saturated heterocycles. The lowest BCUT2D eigenvalue weighted by atomic mass is 9.95. The fourth-order valence-electron chi connectivity index (χ4n) is 9.82. The molecule has 3 unspecified atom stereocenters. The zero-order valence-corrected chi connectivity index (χ0v) is 31.7. The number of amides is 4. The molecule has 4 saturated carbocycles. The fraction of sp³-hybridized carbons (Fsp3) is 0.535. The van der Waals surface area contributed by atoms with Crippen LogP contribution < -0.4 is 34.9 Å². The highest BCUT2D eigenvalue weighted by atomic mass is 19.2. The summed E-state index contributed by atoms with van der Waals surface area (Å²) in [5, 5.41) is 8.62. The Morgan fingerprint density at radius 1 is 0.636 bits per heavy atom. The first-order valence-corrected chi connectivity index (χ1v) is 19.9. The topological polar surface area (TPSA) is 110 Å². The number of urea groups is 2. The van der Waals surface area contributed by atoms with Crippen LogP contribution in [0, 0.1) is 35.3 Å². The van der Waals surface area contributed by atoms with Crippen molar-refractivity contribution < 1.29 is 37.3 Å². The second-order valence-corrected chi connectivity index (χ2v) is 16.3. The van der Waals surface area contributed by atoms with Crippen molar-refractivity contribution in [2.75, 3.05) is 40.4 Å². The fourth-order valence-corrected chi connectivity index (χ4v) is 9.82. The van der Waals surface area contributed by atoms with Crippen molar-refractivity contribution in [1.29, 1.82) is 0 Å². The second-order valence-electron chi connectivity index (χ2n) is 16.3. The minimum absolute atomic E-state index is 0.0475. The van der Waals surface area contributed by atoms with Crippen LogP contribution in [0.25, 0.3) is 0 Å². The first kappa shape index (κ1) is 37.2. The van der Waals surface area contributed by atoms with Gasteiger partial charge in [-0.15, -0.1) is 0 Å². The number of carbonyl (C=O) groups is 2. The predicted molar refractivity (Wildman–Crippen MR) is 203 cm³/mol. The van der Waals surface area contributed by atoms with Crippen LogP contribution in [0.2, 0.25) is 0 Å². The van der Waals surface area contributed by atoms with Crippen molar-refractivity contribution in [2.24, 2.45) is 23.7 Å². The van der Waals surface area contributed by atoms with E-state index in [0.29, 0.717) is 49.7 Å². The molecule has 3 N–H and O–H groups in total. The number of hydrogen-bond donors (Lipinski definition) is 3. The van der Waals surface area contributed by atoms with Gasteiger partial charge in [0.1, 0.15) is 12.2 Å². The quantitative estimate of drug-likeness (QED) is 0.198. The van der Waals surface area contributed by atoms with Crippen LogP contribution in [0.3, 0.4) is 0 Å². The summed E-state index contributed by atoms with van der Waals surface area (Å²) in [5.74, 6) is 4.62. The summed E-state index contributed by atoms with van der Waals surface area (Å²) in [5.41, 5.74) is 2.78. The minimum Gasteiger partial charge on any atom is -0.493 e. The SMILES string of the molecule is COc1ccc(C2CNC(=O)N(Cc3ccc(F)c(F)c3)C2)cc1OC1C[C@@H]2CC[C@H]1C2.COc1ccc(C2CNC(=O)NC2)cc1OC1C[C@@H]2CC[C@H]1C2. The first-order chi connectivity index (χ1) is 26.7. The maximum atomic E-state index is 13.6. The monoisotopic (exact) mass is 758 g/mol. The molecule has 12 heteroatoms. The Morgan fingerprint density at radius 3 is 1.71 bits per heavy atom. The summed E-state index contributed by atoms with van der Waals surface area (Å²) < 4.78 is 50.6. The lowest BCUT2D eigenvalue weighted by Crippen LogP contribution is -2.49. The van der Waals surface area contributed by atoms with Gasteiger partial charge >= 0.3 is 12.1 Å². The highest BCUT2D eigenvalue weighted by Crippen LogP contribution is 2.48. The van der Waals surface area contributed by atoms with Crippen molar-refractivity contribution in [3.63, 3.8) is 0 Å². The van der Waals surface area contributed by atoms with E-state index in [9.17, 15) is 18.4 Å². The Labute approximate surface area is 321 Å². The van der Waals surface area contributed by atoms with Crippen LogP contribution in [-0.2, 0) is 6.54 Å². The van der Waals surface area contributed by atoms with Gasteiger partial charge in [0.2, 0.25) is 0 Å². The van der Waals surface area contributed by atoms with E-state index in [1.165, 1.54) is 56.6 Å². The van der Waals surface area contributed by atoms with Crippen LogP contribution in [0.4, 0.5) is 18.4 Å². The van der Waals surface area contributed by atoms with Crippen LogP contribution in [0.5, 0.6) is 23.0 Å². The number of benzene rings is 3. The Hall–Kier alpha value is -4.74. The van der Waals surface area contributed by atoms with Gasteiger partial charge in [-0.25, -0.2) is 18.4 Å². The Bertz CT molecular complexity index is 1870. The Balaban J connectivity index is 0.000000164. The predicted octanol–water partition coefficient (Wildman–Crippen LogP) is 7.51. The van der Waals surface area contributed by atoms with E-state index in [-0.39, 0.29) is 36.5 Å². The summed E-state index contributed by atoms with van der Waals surface area (Å²) >= 11 is 0. The molecule has 55 heavy (non-hydrogen) atoms. The molecule has 3 aromatic carbocycles. The van der Waals surface area contributed by atoms with Crippen LogP contribution in [0.15, 0.2) is 54.6 Å². The summed E-state index contributed by atoms with van der Waals surface area (Å²) in [6, 6.07) is 15.5. The molecule has 10 nitrogen and oxygen atoms in total. The normalized spacial score (nSPS) is 28.1. The zero-order valence-electron chi connectivity index (χ0n) is 31.7. The van der Waals surface area contributed by atoms with Gasteiger partial charge in [0.15, 0.2) is 34.6 Å². The van der Waals surface area contributed by atoms with Crippen molar-refractivity contribution in [3.8, 4) is 23.0 Å². The molecule has 9 rings (SSSR count). The van der Waals surface area contributed by atoms with Crippen LogP contribution >= 0.6 is 0 Å². The molecule has 0 spiro atoms. The average Bonchev–Trinajstić information content (AvgIpc) is 4.02. The highest BCUT2D eigenvalue weighted by molar-refractivity contribution is 5.75. The first-order valence-electron chi connectivity index (χ1n) is 19.9. The molecular weight excluding hydrogens is 706 g/mol. The molecule has 4 aliphatic carbocycles. The molecule has 0 radical (unpaired) electrons. The van der Waals surface area contributed by atoms with E-state index in [4.69, 9.17) is 18.9 Å². The molecule has 294 valence electrons. The second kappa shape index (κ2) is 16.2. The number of methoxy groups -OCH3 is 2. The third-order valence-electron chi connectivity index (χ3n) is 12.8. The van der Waals surface area contributed by atoms with Crippen LogP contribution in [-0.4, -0.2) is 69.6 Å². The smallest absolute Gasteiger partial charge is 0.317 e. The van der Waals surface area contributed by atoms with E-state index in [1.807, 2.05) is 24.3 Å². The van der Waals surface area contributed by atoms with E-state index >= 15 is 0 Å². The van der Waals surface area contributed by atoms with Gasteiger partial charge in [0.25, 0.3) is 0 Å². The Morgan fingerprint density at radius 2 is 1.20 bits per heavy atom. The number of hydrogen-bond acceptors (Lipinski definition) is 6. The molecule has 0 aromatic heterocycles. The standard InChI is InChI=1S/C25H28F2N2O3.C18H24N2O3/c1-31-22-7-5-17(11-24(22)32-23-10-15-2-4-18(23)8-15)19-12-28-25(30)29(14-19)13-16-3-6-20(26)21(27)9-16;1-22-15-5-4-12(14-9-19-18(21)20-10-14)8-17(15)23-16-7-11-2-3-13(16)6-11/h3,5-7,9,11,15,18-19,23H,2,4,8,10,12-14H2,1H3,(H,28,30);4-5,8,11,13-14,16H,2-3,6-7,9-10H2,1H3,(H2,19,20,21)/t15-,18+,19?,23?;11-,13+,16?/m11/s1.